The molecule has 1 aromatic rings. The molecule has 0 saturated carbocycles. The predicted octanol–water partition coefficient (Wildman–Crippen LogP) is 2.87. The second kappa shape index (κ2) is 21.8. The van der Waals surface area contributed by atoms with Crippen molar-refractivity contribution in [2.45, 2.75) is 91.2 Å². The van der Waals surface area contributed by atoms with E-state index in [1.807, 2.05) is 6.92 Å². The van der Waals surface area contributed by atoms with Gasteiger partial charge in [0.1, 0.15) is 6.61 Å². The third-order valence-corrected chi connectivity index (χ3v) is 7.91. The number of carbonyl (C=O) groups is 8. The van der Waals surface area contributed by atoms with Crippen LogP contribution in [0.3, 0.4) is 0 Å². The standard InChI is InChI=1S/C35H50N6O9/c1-4-9-27(42)21-38-35(49)50-22-24-12-14-26(15-13-24)39-33(47)25(10-8-18-37-34(36)48)20-28(43)32(23(2)3)40-29(44)11-6-5-7-19-41-30(45)16-17-31(41)46/h12-17,23,25,32H,4-11,18-22H2,1-3H3,(H,38,49)(H,39,47)(H,40,44)(H3,36,37,48)/t25-,32+/m1/s1. The van der Waals surface area contributed by atoms with Crippen molar-refractivity contribution < 1.29 is 43.1 Å². The number of primary amides is 1. The third kappa shape index (κ3) is 15.4. The van der Waals surface area contributed by atoms with Crippen LogP contribution < -0.4 is 27.0 Å². The van der Waals surface area contributed by atoms with Gasteiger partial charge in [-0.3, -0.25) is 33.7 Å². The fourth-order valence-corrected chi connectivity index (χ4v) is 5.17. The van der Waals surface area contributed by atoms with Crippen LogP contribution in [0.1, 0.15) is 84.1 Å². The molecule has 15 nitrogen and oxygen atoms in total. The van der Waals surface area contributed by atoms with Gasteiger partial charge < -0.3 is 31.7 Å². The highest BCUT2D eigenvalue weighted by atomic mass is 16.5. The normalized spacial score (nSPS) is 13.5. The van der Waals surface area contributed by atoms with Gasteiger partial charge in [-0.05, 0) is 55.7 Å². The van der Waals surface area contributed by atoms with Crippen LogP contribution in [0.2, 0.25) is 0 Å². The van der Waals surface area contributed by atoms with Crippen LogP contribution in [0, 0.1) is 11.8 Å². The number of imide groups is 1. The van der Waals surface area contributed by atoms with Gasteiger partial charge in [-0.1, -0.05) is 39.3 Å². The van der Waals surface area contributed by atoms with Gasteiger partial charge in [0.25, 0.3) is 11.8 Å². The van der Waals surface area contributed by atoms with E-state index < -0.39 is 30.0 Å². The molecule has 0 saturated heterocycles. The van der Waals surface area contributed by atoms with E-state index in [2.05, 4.69) is 21.3 Å². The molecule has 0 bridgehead atoms. The summed E-state index contributed by atoms with van der Waals surface area (Å²) in [7, 11) is 0. The van der Waals surface area contributed by atoms with Gasteiger partial charge in [-0.2, -0.15) is 0 Å². The number of Topliss-reactive ketones (excluding diaryl/α,β-unsaturated/α-hetero) is 2. The molecule has 0 fully saturated rings. The number of ketones is 2. The minimum Gasteiger partial charge on any atom is -0.445 e. The van der Waals surface area contributed by atoms with Gasteiger partial charge in [0.15, 0.2) is 11.6 Å². The second-order valence-electron chi connectivity index (χ2n) is 12.5. The summed E-state index contributed by atoms with van der Waals surface area (Å²) < 4.78 is 5.14. The van der Waals surface area contributed by atoms with Gasteiger partial charge in [0, 0.05) is 56.1 Å². The van der Waals surface area contributed by atoms with Crippen molar-refractivity contribution in [2.24, 2.45) is 17.6 Å². The fraction of sp³-hybridized carbons (Fsp3) is 0.543. The zero-order chi connectivity index (χ0) is 37.1. The summed E-state index contributed by atoms with van der Waals surface area (Å²) in [4.78, 5) is 98.7. The molecular weight excluding hydrogens is 648 g/mol. The number of nitrogens with zero attached hydrogens (tertiary/aromatic N) is 1. The third-order valence-electron chi connectivity index (χ3n) is 7.91. The molecule has 0 aromatic heterocycles. The lowest BCUT2D eigenvalue weighted by atomic mass is 9.89. The monoisotopic (exact) mass is 698 g/mol. The fourth-order valence-electron chi connectivity index (χ4n) is 5.17. The maximum absolute atomic E-state index is 13.5. The molecule has 7 amide bonds. The summed E-state index contributed by atoms with van der Waals surface area (Å²) in [5.74, 6) is -2.85. The Morgan fingerprint density at radius 2 is 1.56 bits per heavy atom. The van der Waals surface area contributed by atoms with E-state index in [1.54, 1.807) is 38.1 Å². The molecule has 1 aliphatic rings. The van der Waals surface area contributed by atoms with Gasteiger partial charge in [-0.25, -0.2) is 9.59 Å². The summed E-state index contributed by atoms with van der Waals surface area (Å²) in [6, 6.07) is 5.05. The Hall–Kier alpha value is -5.08. The molecule has 15 heteroatoms. The Bertz CT molecular complexity index is 1380. The molecule has 0 aliphatic carbocycles. The largest absolute Gasteiger partial charge is 0.445 e. The molecule has 274 valence electrons. The number of amides is 7. The van der Waals surface area contributed by atoms with Crippen molar-refractivity contribution in [1.29, 1.82) is 0 Å². The lowest BCUT2D eigenvalue weighted by molar-refractivity contribution is -0.137. The Balaban J connectivity index is 1.92. The topological polar surface area (TPSA) is 223 Å². The molecule has 50 heavy (non-hydrogen) atoms. The first kappa shape index (κ1) is 41.1. The van der Waals surface area contributed by atoms with Crippen molar-refractivity contribution in [3.63, 3.8) is 0 Å². The smallest absolute Gasteiger partial charge is 0.407 e. The van der Waals surface area contributed by atoms with Crippen LogP contribution >= 0.6 is 0 Å². The molecule has 1 heterocycles. The predicted molar refractivity (Wildman–Crippen MR) is 184 cm³/mol. The highest BCUT2D eigenvalue weighted by Crippen LogP contribution is 2.20. The number of alkyl carbamates (subject to hydrolysis) is 1. The van der Waals surface area contributed by atoms with Crippen LogP contribution in [0.4, 0.5) is 15.3 Å². The van der Waals surface area contributed by atoms with E-state index in [-0.39, 0.29) is 80.7 Å². The lowest BCUT2D eigenvalue weighted by Gasteiger charge is -2.24. The summed E-state index contributed by atoms with van der Waals surface area (Å²) in [6.07, 6.45) is 5.10. The summed E-state index contributed by atoms with van der Waals surface area (Å²) >= 11 is 0. The molecule has 1 aliphatic heterocycles. The van der Waals surface area contributed by atoms with Crippen molar-refractivity contribution in [1.82, 2.24) is 20.9 Å². The molecule has 6 N–H and O–H groups in total. The van der Waals surface area contributed by atoms with Crippen molar-refractivity contribution >= 4 is 53.0 Å². The number of urea groups is 1. The van der Waals surface area contributed by atoms with E-state index >= 15 is 0 Å². The minimum absolute atomic E-state index is 0.0489. The van der Waals surface area contributed by atoms with Gasteiger partial charge in [0.05, 0.1) is 12.6 Å². The van der Waals surface area contributed by atoms with E-state index in [0.717, 1.165) is 4.90 Å². The minimum atomic E-state index is -0.825. The SMILES string of the molecule is CCCC(=O)CNC(=O)OCc1ccc(NC(=O)[C@H](CCCNC(N)=O)CC(=O)[C@@H](NC(=O)CCCCCN2C(=O)C=CC2=O)C(C)C)cc1. The van der Waals surface area contributed by atoms with Gasteiger partial charge in [-0.15, -0.1) is 0 Å². The molecule has 0 radical (unpaired) electrons. The maximum Gasteiger partial charge on any atom is 0.407 e. The maximum atomic E-state index is 13.5. The lowest BCUT2D eigenvalue weighted by Crippen LogP contribution is -2.45. The number of anilines is 1. The Kier molecular flexibility index (Phi) is 17.9. The first-order valence-electron chi connectivity index (χ1n) is 17.0. The highest BCUT2D eigenvalue weighted by Gasteiger charge is 2.29. The Morgan fingerprint density at radius 3 is 2.18 bits per heavy atom. The number of hydrogen-bond donors (Lipinski definition) is 5. The molecule has 1 aromatic carbocycles. The van der Waals surface area contributed by atoms with E-state index in [0.29, 0.717) is 49.8 Å². The van der Waals surface area contributed by atoms with Crippen molar-refractivity contribution in [3.05, 3.63) is 42.0 Å². The van der Waals surface area contributed by atoms with Gasteiger partial charge in [0.2, 0.25) is 11.8 Å². The Morgan fingerprint density at radius 1 is 0.880 bits per heavy atom. The summed E-state index contributed by atoms with van der Waals surface area (Å²) in [5.41, 5.74) is 6.24. The van der Waals surface area contributed by atoms with Crippen molar-refractivity contribution in [2.75, 3.05) is 25.0 Å². The summed E-state index contributed by atoms with van der Waals surface area (Å²) in [5, 5.41) is 10.5. The number of unbranched alkanes of at least 4 members (excludes halogenated alkanes) is 2. The van der Waals surface area contributed by atoms with Crippen LogP contribution in [-0.4, -0.2) is 77.9 Å². The number of carbonyl (C=O) groups excluding carboxylic acids is 8. The molecular formula is C35H50N6O9. The first-order valence-corrected chi connectivity index (χ1v) is 17.0. The van der Waals surface area contributed by atoms with E-state index in [9.17, 15) is 38.4 Å². The van der Waals surface area contributed by atoms with Crippen LogP contribution in [0.5, 0.6) is 0 Å². The van der Waals surface area contributed by atoms with Crippen molar-refractivity contribution in [3.8, 4) is 0 Å². The average molecular weight is 699 g/mol. The van der Waals surface area contributed by atoms with Crippen LogP contribution in [0.25, 0.3) is 0 Å². The zero-order valence-electron chi connectivity index (χ0n) is 29.1. The number of hydrogen-bond acceptors (Lipinski definition) is 9. The quantitative estimate of drug-likeness (QED) is 0.0836. The first-order chi connectivity index (χ1) is 23.8. The number of nitrogens with two attached hydrogens (primary N) is 1. The molecule has 2 atom stereocenters. The zero-order valence-corrected chi connectivity index (χ0v) is 29.1. The van der Waals surface area contributed by atoms with Crippen LogP contribution in [-0.2, 0) is 40.1 Å². The molecule has 0 unspecified atom stereocenters. The van der Waals surface area contributed by atoms with E-state index in [1.165, 1.54) is 12.2 Å². The summed E-state index contributed by atoms with van der Waals surface area (Å²) in [6.45, 7) is 5.81. The molecule has 2 rings (SSSR count). The number of rotatable bonds is 23. The number of nitrogens with one attached hydrogen (secondary N) is 4. The second-order valence-corrected chi connectivity index (χ2v) is 12.5. The number of ether oxygens (including phenoxy) is 1. The van der Waals surface area contributed by atoms with Crippen LogP contribution in [0.15, 0.2) is 36.4 Å². The highest BCUT2D eigenvalue weighted by molar-refractivity contribution is 6.12. The van der Waals surface area contributed by atoms with Gasteiger partial charge >= 0.3 is 12.1 Å². The average Bonchev–Trinajstić information content (AvgIpc) is 3.39. The molecule has 0 spiro atoms. The van der Waals surface area contributed by atoms with E-state index in [4.69, 9.17) is 10.5 Å². The Labute approximate surface area is 292 Å². The number of benzene rings is 1.